The highest BCUT2D eigenvalue weighted by atomic mass is 15.5. The van der Waals surface area contributed by atoms with E-state index in [-0.39, 0.29) is 0 Å². The third-order valence-corrected chi connectivity index (χ3v) is 2.67. The summed E-state index contributed by atoms with van der Waals surface area (Å²) in [5, 5.41) is 15.8. The molecule has 0 saturated carbocycles. The van der Waals surface area contributed by atoms with Crippen molar-refractivity contribution in [3.05, 3.63) is 48.0 Å². The highest BCUT2D eigenvalue weighted by Gasteiger charge is 2.16. The number of hydrogen-bond acceptors (Lipinski definition) is 5. The second kappa shape index (κ2) is 3.91. The van der Waals surface area contributed by atoms with Gasteiger partial charge >= 0.3 is 0 Å². The summed E-state index contributed by atoms with van der Waals surface area (Å²) in [5.74, 6) is 0.461. The van der Waals surface area contributed by atoms with E-state index in [0.717, 1.165) is 16.3 Å². The van der Waals surface area contributed by atoms with E-state index in [1.165, 1.54) is 0 Å². The fourth-order valence-corrected chi connectivity index (χ4v) is 1.83. The quantitative estimate of drug-likeness (QED) is 0.674. The summed E-state index contributed by atoms with van der Waals surface area (Å²) >= 11 is 0. The number of benzene rings is 1. The second-order valence-corrected chi connectivity index (χ2v) is 3.70. The lowest BCUT2D eigenvalue weighted by molar-refractivity contribution is 0.787. The molecule has 17 heavy (non-hydrogen) atoms. The predicted octanol–water partition coefficient (Wildman–Crippen LogP) is 0.796. The van der Waals surface area contributed by atoms with Gasteiger partial charge < -0.3 is 5.73 Å². The molecule has 1 aromatic carbocycles. The van der Waals surface area contributed by atoms with E-state index >= 15 is 0 Å². The Balaban J connectivity index is 2.17. The molecule has 1 atom stereocenters. The summed E-state index contributed by atoms with van der Waals surface area (Å²) in [7, 11) is 0. The molecule has 2 aromatic heterocycles. The van der Waals surface area contributed by atoms with E-state index < -0.39 is 6.04 Å². The molecule has 6 heteroatoms. The Bertz CT molecular complexity index is 628. The highest BCUT2D eigenvalue weighted by Crippen LogP contribution is 2.23. The van der Waals surface area contributed by atoms with Crippen molar-refractivity contribution in [2.75, 3.05) is 0 Å². The summed E-state index contributed by atoms with van der Waals surface area (Å²) in [6.45, 7) is 0. The first-order valence-electron chi connectivity index (χ1n) is 5.18. The third kappa shape index (κ3) is 1.64. The Morgan fingerprint density at radius 3 is 2.88 bits per heavy atom. The molecule has 0 spiro atoms. The van der Waals surface area contributed by atoms with E-state index in [1.807, 2.05) is 30.5 Å². The molecule has 84 valence electrons. The largest absolute Gasteiger partial charge is 0.317 e. The molecular formula is C11H10N6. The van der Waals surface area contributed by atoms with Crippen LogP contribution in [-0.2, 0) is 0 Å². The monoisotopic (exact) mass is 226 g/mol. The molecule has 0 aliphatic carbocycles. The van der Waals surface area contributed by atoms with Gasteiger partial charge in [-0.2, -0.15) is 5.21 Å². The summed E-state index contributed by atoms with van der Waals surface area (Å²) in [6, 6.07) is 7.51. The number of rotatable bonds is 2. The molecule has 0 aliphatic rings. The van der Waals surface area contributed by atoms with E-state index in [4.69, 9.17) is 5.73 Å². The minimum Gasteiger partial charge on any atom is -0.317 e. The Morgan fingerprint density at radius 2 is 2.06 bits per heavy atom. The third-order valence-electron chi connectivity index (χ3n) is 2.67. The SMILES string of the molecule is NC(c1nn[nH]n1)c1cncc2ccccc12. The molecule has 6 nitrogen and oxygen atoms in total. The molecule has 3 N–H and O–H groups in total. The molecule has 2 heterocycles. The minimum atomic E-state index is -0.424. The van der Waals surface area contributed by atoms with Gasteiger partial charge in [0.25, 0.3) is 0 Å². The van der Waals surface area contributed by atoms with Gasteiger partial charge in [-0.3, -0.25) is 4.98 Å². The first-order chi connectivity index (χ1) is 8.36. The maximum Gasteiger partial charge on any atom is 0.195 e. The van der Waals surface area contributed by atoms with Crippen LogP contribution in [0.2, 0.25) is 0 Å². The zero-order valence-electron chi connectivity index (χ0n) is 8.91. The number of aromatic amines is 1. The van der Waals surface area contributed by atoms with Crippen LogP contribution in [-0.4, -0.2) is 25.6 Å². The Kier molecular flexibility index (Phi) is 2.27. The van der Waals surface area contributed by atoms with Crippen molar-refractivity contribution in [2.45, 2.75) is 6.04 Å². The number of tetrazole rings is 1. The fraction of sp³-hybridized carbons (Fsp3) is 0.0909. The Labute approximate surface area is 96.9 Å². The van der Waals surface area contributed by atoms with Crippen molar-refractivity contribution in [3.8, 4) is 0 Å². The summed E-state index contributed by atoms with van der Waals surface area (Å²) in [4.78, 5) is 4.18. The van der Waals surface area contributed by atoms with Crippen molar-refractivity contribution in [1.29, 1.82) is 0 Å². The standard InChI is InChI=1S/C11H10N6/c12-10(11-14-16-17-15-11)9-6-13-5-7-3-1-2-4-8(7)9/h1-6,10H,12H2,(H,14,15,16,17). The zero-order chi connectivity index (χ0) is 11.7. The van der Waals surface area contributed by atoms with Gasteiger partial charge in [0.2, 0.25) is 0 Å². The lowest BCUT2D eigenvalue weighted by Crippen LogP contribution is -2.14. The maximum absolute atomic E-state index is 6.10. The molecule has 3 aromatic rings. The molecule has 0 amide bonds. The molecule has 0 aliphatic heterocycles. The lowest BCUT2D eigenvalue weighted by Gasteiger charge is -2.10. The van der Waals surface area contributed by atoms with Gasteiger partial charge in [-0.05, 0) is 5.39 Å². The smallest absolute Gasteiger partial charge is 0.195 e. The number of nitrogens with zero attached hydrogens (tertiary/aromatic N) is 4. The molecule has 0 bridgehead atoms. The minimum absolute atomic E-state index is 0.424. The van der Waals surface area contributed by atoms with Crippen LogP contribution in [0.1, 0.15) is 17.4 Å². The number of pyridine rings is 1. The zero-order valence-corrected chi connectivity index (χ0v) is 8.91. The van der Waals surface area contributed by atoms with Gasteiger partial charge in [0.05, 0.1) is 6.04 Å². The second-order valence-electron chi connectivity index (χ2n) is 3.70. The van der Waals surface area contributed by atoms with Crippen LogP contribution in [0.4, 0.5) is 0 Å². The van der Waals surface area contributed by atoms with E-state index in [9.17, 15) is 0 Å². The lowest BCUT2D eigenvalue weighted by atomic mass is 10.0. The van der Waals surface area contributed by atoms with Crippen LogP contribution in [0, 0.1) is 0 Å². The van der Waals surface area contributed by atoms with Gasteiger partial charge in [-0.25, -0.2) is 0 Å². The average Bonchev–Trinajstić information content (AvgIpc) is 2.91. The number of nitrogens with one attached hydrogen (secondary N) is 1. The first-order valence-corrected chi connectivity index (χ1v) is 5.18. The first kappa shape index (κ1) is 9.86. The summed E-state index contributed by atoms with van der Waals surface area (Å²) < 4.78 is 0. The Hall–Kier alpha value is -2.34. The molecule has 0 radical (unpaired) electrons. The predicted molar refractivity (Wildman–Crippen MR) is 62.0 cm³/mol. The van der Waals surface area contributed by atoms with Crippen LogP contribution < -0.4 is 5.73 Å². The van der Waals surface area contributed by atoms with Gasteiger partial charge in [0, 0.05) is 23.3 Å². The number of hydrogen-bond donors (Lipinski definition) is 2. The molecule has 0 fully saturated rings. The molecule has 0 saturated heterocycles. The van der Waals surface area contributed by atoms with Crippen molar-refractivity contribution in [3.63, 3.8) is 0 Å². The molecular weight excluding hydrogens is 216 g/mol. The van der Waals surface area contributed by atoms with E-state index in [1.54, 1.807) is 6.20 Å². The van der Waals surface area contributed by atoms with E-state index in [2.05, 4.69) is 25.6 Å². The topological polar surface area (TPSA) is 93.4 Å². The van der Waals surface area contributed by atoms with Crippen LogP contribution in [0.15, 0.2) is 36.7 Å². The Morgan fingerprint density at radius 1 is 1.18 bits per heavy atom. The molecule has 1 unspecified atom stereocenters. The normalized spacial score (nSPS) is 12.8. The van der Waals surface area contributed by atoms with Gasteiger partial charge in [-0.1, -0.05) is 29.5 Å². The average molecular weight is 226 g/mol. The van der Waals surface area contributed by atoms with Crippen molar-refractivity contribution in [1.82, 2.24) is 25.6 Å². The summed E-state index contributed by atoms with van der Waals surface area (Å²) in [6.07, 6.45) is 3.55. The van der Waals surface area contributed by atoms with Crippen molar-refractivity contribution in [2.24, 2.45) is 5.73 Å². The van der Waals surface area contributed by atoms with Crippen LogP contribution >= 0.6 is 0 Å². The van der Waals surface area contributed by atoms with Gasteiger partial charge in [0.15, 0.2) is 5.82 Å². The summed E-state index contributed by atoms with van der Waals surface area (Å²) in [5.41, 5.74) is 6.99. The van der Waals surface area contributed by atoms with Gasteiger partial charge in [-0.15, -0.1) is 10.2 Å². The van der Waals surface area contributed by atoms with Crippen LogP contribution in [0.3, 0.4) is 0 Å². The number of fused-ring (bicyclic) bond motifs is 1. The van der Waals surface area contributed by atoms with E-state index in [0.29, 0.717) is 5.82 Å². The van der Waals surface area contributed by atoms with Crippen molar-refractivity contribution < 1.29 is 0 Å². The number of H-pyrrole nitrogens is 1. The van der Waals surface area contributed by atoms with Gasteiger partial charge in [0.1, 0.15) is 0 Å². The van der Waals surface area contributed by atoms with Crippen molar-refractivity contribution >= 4 is 10.8 Å². The number of aromatic nitrogens is 5. The number of nitrogens with two attached hydrogens (primary N) is 1. The molecule has 3 rings (SSSR count). The fourth-order valence-electron chi connectivity index (χ4n) is 1.83. The van der Waals surface area contributed by atoms with Crippen LogP contribution in [0.5, 0.6) is 0 Å². The highest BCUT2D eigenvalue weighted by molar-refractivity contribution is 5.85. The van der Waals surface area contributed by atoms with Crippen LogP contribution in [0.25, 0.3) is 10.8 Å². The maximum atomic E-state index is 6.10.